The highest BCUT2D eigenvalue weighted by atomic mass is 16.5. The predicted octanol–water partition coefficient (Wildman–Crippen LogP) is 3.47. The molecule has 28 heavy (non-hydrogen) atoms. The minimum atomic E-state index is -0.546. The summed E-state index contributed by atoms with van der Waals surface area (Å²) < 4.78 is 16.4. The van der Waals surface area contributed by atoms with E-state index >= 15 is 0 Å². The largest absolute Gasteiger partial charge is 0.493 e. The fraction of sp³-hybridized carbons (Fsp3) is 0.238. The second-order valence-electron chi connectivity index (χ2n) is 6.21. The normalized spacial score (nSPS) is 15.4. The van der Waals surface area contributed by atoms with Crippen LogP contribution in [0.2, 0.25) is 0 Å². The van der Waals surface area contributed by atoms with Gasteiger partial charge in [-0.2, -0.15) is 0 Å². The van der Waals surface area contributed by atoms with Crippen LogP contribution in [0.15, 0.2) is 42.5 Å². The number of rotatable bonds is 6. The number of allylic oxidation sites excluding steroid dienone is 1. The van der Waals surface area contributed by atoms with Crippen molar-refractivity contribution >= 4 is 29.3 Å². The molecule has 1 aliphatic rings. The van der Waals surface area contributed by atoms with E-state index in [0.717, 1.165) is 5.56 Å². The molecule has 3 rings (SSSR count). The lowest BCUT2D eigenvalue weighted by molar-refractivity contribution is -0.122. The molecule has 2 amide bonds. The van der Waals surface area contributed by atoms with E-state index in [1.54, 1.807) is 38.3 Å². The minimum Gasteiger partial charge on any atom is -0.493 e. The number of ether oxygens (including phenoxy) is 3. The summed E-state index contributed by atoms with van der Waals surface area (Å²) in [6.45, 7) is 3.42. The van der Waals surface area contributed by atoms with Gasteiger partial charge in [-0.25, -0.2) is 0 Å². The third kappa shape index (κ3) is 4.43. The molecule has 0 fully saturated rings. The second kappa shape index (κ2) is 8.47. The highest BCUT2D eigenvalue weighted by molar-refractivity contribution is 5.99. The van der Waals surface area contributed by atoms with Crippen molar-refractivity contribution in [3.63, 3.8) is 0 Å². The third-order valence-corrected chi connectivity index (χ3v) is 4.10. The average molecular weight is 382 g/mol. The molecule has 1 atom stereocenters. The Morgan fingerprint density at radius 3 is 2.82 bits per heavy atom. The van der Waals surface area contributed by atoms with Gasteiger partial charge in [-0.15, -0.1) is 0 Å². The van der Waals surface area contributed by atoms with E-state index < -0.39 is 6.10 Å². The van der Waals surface area contributed by atoms with Crippen molar-refractivity contribution in [2.45, 2.75) is 20.0 Å². The monoisotopic (exact) mass is 382 g/mol. The lowest BCUT2D eigenvalue weighted by Crippen LogP contribution is -2.34. The van der Waals surface area contributed by atoms with E-state index in [-0.39, 0.29) is 18.4 Å². The van der Waals surface area contributed by atoms with Gasteiger partial charge in [0.2, 0.25) is 0 Å². The van der Waals surface area contributed by atoms with Crippen LogP contribution in [0, 0.1) is 0 Å². The maximum Gasteiger partial charge on any atom is 0.265 e. The van der Waals surface area contributed by atoms with Gasteiger partial charge in [-0.1, -0.05) is 18.2 Å². The van der Waals surface area contributed by atoms with Crippen LogP contribution in [0.5, 0.6) is 17.2 Å². The molecule has 2 N–H and O–H groups in total. The van der Waals surface area contributed by atoms with Gasteiger partial charge in [-0.05, 0) is 49.7 Å². The number of carbonyl (C=O) groups excluding carboxylic acids is 2. The number of benzene rings is 2. The van der Waals surface area contributed by atoms with E-state index in [1.165, 1.54) is 0 Å². The highest BCUT2D eigenvalue weighted by Gasteiger charge is 2.23. The molecule has 0 aromatic heterocycles. The summed E-state index contributed by atoms with van der Waals surface area (Å²) in [5.74, 6) is 1.02. The molecule has 0 bridgehead atoms. The molecule has 146 valence electrons. The number of nitrogens with one attached hydrogen (secondary N) is 2. The van der Waals surface area contributed by atoms with E-state index in [2.05, 4.69) is 10.6 Å². The van der Waals surface area contributed by atoms with Crippen molar-refractivity contribution in [3.05, 3.63) is 48.0 Å². The van der Waals surface area contributed by atoms with Gasteiger partial charge in [-0.3, -0.25) is 9.59 Å². The van der Waals surface area contributed by atoms with E-state index in [4.69, 9.17) is 14.2 Å². The van der Waals surface area contributed by atoms with Gasteiger partial charge in [0.15, 0.2) is 24.2 Å². The highest BCUT2D eigenvalue weighted by Crippen LogP contribution is 2.32. The number of fused-ring (bicyclic) bond motifs is 1. The molecule has 2 aromatic rings. The summed E-state index contributed by atoms with van der Waals surface area (Å²) in [5.41, 5.74) is 2.02. The Balaban J connectivity index is 1.62. The third-order valence-electron chi connectivity index (χ3n) is 4.10. The number of anilines is 2. The first-order valence-corrected chi connectivity index (χ1v) is 8.85. The molecular weight excluding hydrogens is 360 g/mol. The van der Waals surface area contributed by atoms with Crippen molar-refractivity contribution in [1.82, 2.24) is 0 Å². The first-order chi connectivity index (χ1) is 13.5. The van der Waals surface area contributed by atoms with Crippen LogP contribution in [0.4, 0.5) is 11.4 Å². The van der Waals surface area contributed by atoms with Gasteiger partial charge in [0.05, 0.1) is 12.8 Å². The van der Waals surface area contributed by atoms with E-state index in [1.807, 2.05) is 31.2 Å². The Labute approximate surface area is 163 Å². The first kappa shape index (κ1) is 19.3. The first-order valence-electron chi connectivity index (χ1n) is 8.85. The van der Waals surface area contributed by atoms with Crippen LogP contribution in [-0.4, -0.2) is 31.6 Å². The summed E-state index contributed by atoms with van der Waals surface area (Å²) >= 11 is 0. The zero-order valence-corrected chi connectivity index (χ0v) is 15.9. The average Bonchev–Trinajstić information content (AvgIpc) is 2.68. The summed E-state index contributed by atoms with van der Waals surface area (Å²) in [7, 11) is 1.55. The molecule has 1 aliphatic heterocycles. The second-order valence-corrected chi connectivity index (χ2v) is 6.21. The van der Waals surface area contributed by atoms with Crippen molar-refractivity contribution in [2.75, 3.05) is 24.4 Å². The summed E-state index contributed by atoms with van der Waals surface area (Å²) in [6, 6.07) is 10.5. The molecule has 0 saturated carbocycles. The molecule has 7 heteroatoms. The van der Waals surface area contributed by atoms with Crippen LogP contribution >= 0.6 is 0 Å². The van der Waals surface area contributed by atoms with Crippen molar-refractivity contribution < 1.29 is 23.8 Å². The van der Waals surface area contributed by atoms with Crippen LogP contribution in [0.25, 0.3) is 6.08 Å². The number of amides is 2. The van der Waals surface area contributed by atoms with Crippen LogP contribution < -0.4 is 24.8 Å². The predicted molar refractivity (Wildman–Crippen MR) is 107 cm³/mol. The van der Waals surface area contributed by atoms with Crippen LogP contribution in [-0.2, 0) is 9.59 Å². The van der Waals surface area contributed by atoms with E-state index in [0.29, 0.717) is 28.6 Å². The van der Waals surface area contributed by atoms with Gasteiger partial charge in [0, 0.05) is 5.69 Å². The number of hydrogen-bond donors (Lipinski definition) is 2. The summed E-state index contributed by atoms with van der Waals surface area (Å²) in [5, 5.41) is 5.48. The van der Waals surface area contributed by atoms with Crippen molar-refractivity contribution in [2.24, 2.45) is 0 Å². The van der Waals surface area contributed by atoms with Crippen LogP contribution in [0.1, 0.15) is 19.4 Å². The molecule has 2 aromatic carbocycles. The minimum absolute atomic E-state index is 0.184. The van der Waals surface area contributed by atoms with Crippen molar-refractivity contribution in [3.8, 4) is 17.2 Å². The quantitative estimate of drug-likeness (QED) is 0.799. The number of carbonyl (C=O) groups is 2. The Hall–Kier alpha value is -3.48. The molecule has 0 unspecified atom stereocenters. The Kier molecular flexibility index (Phi) is 5.84. The van der Waals surface area contributed by atoms with Crippen molar-refractivity contribution in [1.29, 1.82) is 0 Å². The molecule has 1 heterocycles. The maximum atomic E-state index is 12.2. The zero-order valence-electron chi connectivity index (χ0n) is 15.9. The summed E-state index contributed by atoms with van der Waals surface area (Å²) in [6.07, 6.45) is 3.32. The van der Waals surface area contributed by atoms with Gasteiger partial charge >= 0.3 is 0 Å². The van der Waals surface area contributed by atoms with Gasteiger partial charge < -0.3 is 24.8 Å². The Morgan fingerprint density at radius 2 is 2.07 bits per heavy atom. The molecule has 0 radical (unpaired) electrons. The fourth-order valence-electron chi connectivity index (χ4n) is 2.73. The Morgan fingerprint density at radius 1 is 1.25 bits per heavy atom. The van der Waals surface area contributed by atoms with Gasteiger partial charge in [0.25, 0.3) is 11.8 Å². The lowest BCUT2D eigenvalue weighted by Gasteiger charge is -2.23. The smallest absolute Gasteiger partial charge is 0.265 e. The molecular formula is C21H22N2O5. The lowest BCUT2D eigenvalue weighted by atomic mass is 10.2. The van der Waals surface area contributed by atoms with E-state index in [9.17, 15) is 9.59 Å². The summed E-state index contributed by atoms with van der Waals surface area (Å²) in [4.78, 5) is 23.9. The SMILES string of the molecule is C/C=C/c1ccc(OCC(=O)Nc2ccc3c(c2)NC(=O)[C@H](C)O3)c(OC)c1. The van der Waals surface area contributed by atoms with Gasteiger partial charge in [0.1, 0.15) is 5.75 Å². The fourth-order valence-corrected chi connectivity index (χ4v) is 2.73. The molecule has 7 nitrogen and oxygen atoms in total. The standard InChI is InChI=1S/C21H22N2O5/c1-4-5-14-6-8-18(19(10-14)26-3)27-12-20(24)22-15-7-9-17-16(11-15)23-21(25)13(2)28-17/h4-11,13H,12H2,1-3H3,(H,22,24)(H,23,25)/b5-4+/t13-/m0/s1. The maximum absolute atomic E-state index is 12.2. The zero-order chi connectivity index (χ0) is 20.1. The molecule has 0 saturated heterocycles. The molecule has 0 spiro atoms. The number of methoxy groups -OCH3 is 1. The topological polar surface area (TPSA) is 85.9 Å². The Bertz CT molecular complexity index is 923. The number of hydrogen-bond acceptors (Lipinski definition) is 5. The molecule has 0 aliphatic carbocycles. The van der Waals surface area contributed by atoms with Crippen LogP contribution in [0.3, 0.4) is 0 Å².